The average Bonchev–Trinajstić information content (AvgIpc) is 2.09. The molecule has 0 fully saturated rings. The molecule has 4 heteroatoms. The van der Waals surface area contributed by atoms with E-state index in [0.717, 1.165) is 6.54 Å². The molecule has 0 saturated carbocycles. The van der Waals surface area contributed by atoms with Crippen molar-refractivity contribution in [3.8, 4) is 0 Å². The molecule has 78 valence electrons. The number of hydrogen-bond donors (Lipinski definition) is 2. The second-order valence-corrected chi connectivity index (χ2v) is 3.35. The van der Waals surface area contributed by atoms with Gasteiger partial charge in [-0.3, -0.25) is 4.79 Å². The van der Waals surface area contributed by atoms with Crippen LogP contribution in [0.5, 0.6) is 0 Å². The van der Waals surface area contributed by atoms with E-state index in [-0.39, 0.29) is 12.5 Å². The molecule has 0 aliphatic rings. The average molecular weight is 188 g/mol. The van der Waals surface area contributed by atoms with Gasteiger partial charge >= 0.3 is 0 Å². The Morgan fingerprint density at radius 3 is 2.69 bits per heavy atom. The lowest BCUT2D eigenvalue weighted by molar-refractivity contribution is -0.125. The van der Waals surface area contributed by atoms with Crippen LogP contribution in [0.4, 0.5) is 0 Å². The van der Waals surface area contributed by atoms with E-state index in [9.17, 15) is 4.79 Å². The fraction of sp³-hybridized carbons (Fsp3) is 0.889. The van der Waals surface area contributed by atoms with E-state index < -0.39 is 0 Å². The second kappa shape index (κ2) is 8.01. The van der Waals surface area contributed by atoms with Crippen molar-refractivity contribution in [2.75, 3.05) is 33.4 Å². The maximum Gasteiger partial charge on any atom is 0.246 e. The third-order valence-corrected chi connectivity index (χ3v) is 1.44. The third kappa shape index (κ3) is 9.30. The molecule has 1 amide bonds. The summed E-state index contributed by atoms with van der Waals surface area (Å²) in [7, 11) is 1.85. The standard InChI is InChI=1S/C9H20N2O2/c1-8(2)6-11-9(12)7-13-5-4-10-3/h8,10H,4-7H2,1-3H3,(H,11,12). The Labute approximate surface area is 80.0 Å². The van der Waals surface area contributed by atoms with E-state index in [4.69, 9.17) is 4.74 Å². The number of hydrogen-bond acceptors (Lipinski definition) is 3. The lowest BCUT2D eigenvalue weighted by atomic mass is 10.2. The predicted molar refractivity (Wildman–Crippen MR) is 52.6 cm³/mol. The summed E-state index contributed by atoms with van der Waals surface area (Å²) < 4.78 is 5.09. The molecule has 0 aromatic rings. The normalized spacial score (nSPS) is 10.5. The second-order valence-electron chi connectivity index (χ2n) is 3.35. The topological polar surface area (TPSA) is 50.4 Å². The van der Waals surface area contributed by atoms with E-state index in [0.29, 0.717) is 19.1 Å². The summed E-state index contributed by atoms with van der Waals surface area (Å²) in [5.74, 6) is 0.450. The van der Waals surface area contributed by atoms with Crippen LogP contribution in [0.1, 0.15) is 13.8 Å². The molecule has 0 aliphatic heterocycles. The van der Waals surface area contributed by atoms with Gasteiger partial charge < -0.3 is 15.4 Å². The third-order valence-electron chi connectivity index (χ3n) is 1.44. The molecule has 0 rings (SSSR count). The van der Waals surface area contributed by atoms with Crippen LogP contribution < -0.4 is 10.6 Å². The summed E-state index contributed by atoms with van der Waals surface area (Å²) in [4.78, 5) is 11.1. The first-order valence-corrected chi connectivity index (χ1v) is 4.66. The molecule has 2 N–H and O–H groups in total. The van der Waals surface area contributed by atoms with Crippen molar-refractivity contribution in [3.63, 3.8) is 0 Å². The SMILES string of the molecule is CNCCOCC(=O)NCC(C)C. The molecule has 0 radical (unpaired) electrons. The van der Waals surface area contributed by atoms with Crippen molar-refractivity contribution in [2.45, 2.75) is 13.8 Å². The van der Waals surface area contributed by atoms with Gasteiger partial charge in [0.1, 0.15) is 6.61 Å². The van der Waals surface area contributed by atoms with Gasteiger partial charge in [-0.15, -0.1) is 0 Å². The summed E-state index contributed by atoms with van der Waals surface area (Å²) in [6, 6.07) is 0. The maximum atomic E-state index is 11.1. The zero-order chi connectivity index (χ0) is 10.1. The van der Waals surface area contributed by atoms with Crippen LogP contribution >= 0.6 is 0 Å². The van der Waals surface area contributed by atoms with Crippen LogP contribution in [0.15, 0.2) is 0 Å². The minimum atomic E-state index is -0.0372. The molecule has 0 aromatic heterocycles. The Morgan fingerprint density at radius 1 is 1.46 bits per heavy atom. The molecule has 0 spiro atoms. The molecule has 0 bridgehead atoms. The number of carbonyl (C=O) groups excluding carboxylic acids is 1. The molecule has 0 unspecified atom stereocenters. The summed E-state index contributed by atoms with van der Waals surface area (Å²) in [6.45, 7) is 6.34. The summed E-state index contributed by atoms with van der Waals surface area (Å²) in [6.07, 6.45) is 0. The van der Waals surface area contributed by atoms with E-state index in [1.165, 1.54) is 0 Å². The van der Waals surface area contributed by atoms with Gasteiger partial charge in [-0.2, -0.15) is 0 Å². The first kappa shape index (κ1) is 12.4. The number of rotatable bonds is 7. The largest absolute Gasteiger partial charge is 0.370 e. The predicted octanol–water partition coefficient (Wildman–Crippen LogP) is -0.00540. The highest BCUT2D eigenvalue weighted by atomic mass is 16.5. The van der Waals surface area contributed by atoms with Crippen molar-refractivity contribution in [1.29, 1.82) is 0 Å². The van der Waals surface area contributed by atoms with Gasteiger partial charge in [-0.05, 0) is 13.0 Å². The number of ether oxygens (including phenoxy) is 1. The molecule has 0 heterocycles. The fourth-order valence-electron chi connectivity index (χ4n) is 0.708. The van der Waals surface area contributed by atoms with Crippen LogP contribution in [-0.2, 0) is 9.53 Å². The van der Waals surface area contributed by atoms with Crippen molar-refractivity contribution in [3.05, 3.63) is 0 Å². The van der Waals surface area contributed by atoms with Crippen molar-refractivity contribution >= 4 is 5.91 Å². The van der Waals surface area contributed by atoms with E-state index in [1.54, 1.807) is 0 Å². The molecule has 4 nitrogen and oxygen atoms in total. The summed E-state index contributed by atoms with van der Waals surface area (Å²) in [5.41, 5.74) is 0. The molecule has 0 aromatic carbocycles. The number of amides is 1. The van der Waals surface area contributed by atoms with Gasteiger partial charge in [-0.25, -0.2) is 0 Å². The molecule has 0 atom stereocenters. The highest BCUT2D eigenvalue weighted by Gasteiger charge is 2.01. The van der Waals surface area contributed by atoms with Crippen LogP contribution in [0, 0.1) is 5.92 Å². The summed E-state index contributed by atoms with van der Waals surface area (Å²) >= 11 is 0. The molecule has 0 aliphatic carbocycles. The lowest BCUT2D eigenvalue weighted by Crippen LogP contribution is -2.31. The quantitative estimate of drug-likeness (QED) is 0.553. The van der Waals surface area contributed by atoms with Crippen LogP contribution in [-0.4, -0.2) is 39.3 Å². The van der Waals surface area contributed by atoms with Gasteiger partial charge in [0.25, 0.3) is 0 Å². The number of nitrogens with one attached hydrogen (secondary N) is 2. The Morgan fingerprint density at radius 2 is 2.15 bits per heavy atom. The zero-order valence-electron chi connectivity index (χ0n) is 8.72. The lowest BCUT2D eigenvalue weighted by Gasteiger charge is -2.07. The van der Waals surface area contributed by atoms with Crippen molar-refractivity contribution in [2.24, 2.45) is 5.92 Å². The van der Waals surface area contributed by atoms with Gasteiger partial charge in [0.05, 0.1) is 6.61 Å². The minimum absolute atomic E-state index is 0.0372. The van der Waals surface area contributed by atoms with E-state index in [1.807, 2.05) is 7.05 Å². The van der Waals surface area contributed by atoms with Crippen LogP contribution in [0.3, 0.4) is 0 Å². The van der Waals surface area contributed by atoms with Gasteiger partial charge in [0.2, 0.25) is 5.91 Å². The Balaban J connectivity index is 3.20. The monoisotopic (exact) mass is 188 g/mol. The minimum Gasteiger partial charge on any atom is -0.370 e. The maximum absolute atomic E-state index is 11.1. The Hall–Kier alpha value is -0.610. The van der Waals surface area contributed by atoms with Crippen molar-refractivity contribution < 1.29 is 9.53 Å². The Kier molecular flexibility index (Phi) is 7.63. The van der Waals surface area contributed by atoms with Gasteiger partial charge in [0, 0.05) is 13.1 Å². The van der Waals surface area contributed by atoms with Crippen molar-refractivity contribution in [1.82, 2.24) is 10.6 Å². The van der Waals surface area contributed by atoms with E-state index in [2.05, 4.69) is 24.5 Å². The number of likely N-dealkylation sites (N-methyl/N-ethyl adjacent to an activating group) is 1. The summed E-state index contributed by atoms with van der Waals surface area (Å²) in [5, 5.41) is 5.71. The fourth-order valence-corrected chi connectivity index (χ4v) is 0.708. The first-order valence-electron chi connectivity index (χ1n) is 4.66. The number of carbonyl (C=O) groups is 1. The first-order chi connectivity index (χ1) is 6.16. The van der Waals surface area contributed by atoms with E-state index >= 15 is 0 Å². The molecule has 0 saturated heterocycles. The van der Waals surface area contributed by atoms with Gasteiger partial charge in [-0.1, -0.05) is 13.8 Å². The highest BCUT2D eigenvalue weighted by Crippen LogP contribution is 1.86. The van der Waals surface area contributed by atoms with Crippen LogP contribution in [0.2, 0.25) is 0 Å². The molecular formula is C9H20N2O2. The smallest absolute Gasteiger partial charge is 0.246 e. The zero-order valence-corrected chi connectivity index (χ0v) is 8.72. The highest BCUT2D eigenvalue weighted by molar-refractivity contribution is 5.77. The molecular weight excluding hydrogens is 168 g/mol. The molecule has 13 heavy (non-hydrogen) atoms. The van der Waals surface area contributed by atoms with Gasteiger partial charge in [0.15, 0.2) is 0 Å². The Bertz CT molecular complexity index is 138. The van der Waals surface area contributed by atoms with Crippen LogP contribution in [0.25, 0.3) is 0 Å².